The van der Waals surface area contributed by atoms with E-state index >= 15 is 0 Å². The van der Waals surface area contributed by atoms with Crippen LogP contribution in [-0.2, 0) is 0 Å². The van der Waals surface area contributed by atoms with Gasteiger partial charge in [0.05, 0.1) is 5.52 Å². The van der Waals surface area contributed by atoms with Gasteiger partial charge < -0.3 is 4.90 Å². The van der Waals surface area contributed by atoms with Gasteiger partial charge in [-0.3, -0.25) is 4.98 Å². The van der Waals surface area contributed by atoms with Gasteiger partial charge in [0, 0.05) is 29.4 Å². The zero-order chi connectivity index (χ0) is 19.2. The van der Waals surface area contributed by atoms with Crippen molar-refractivity contribution < 1.29 is 0 Å². The Morgan fingerprint density at radius 3 is 2.19 bits per heavy atom. The van der Waals surface area contributed by atoms with Gasteiger partial charge in [0.1, 0.15) is 0 Å². The summed E-state index contributed by atoms with van der Waals surface area (Å²) in [5, 5.41) is 1.19. The molecular formula is C25H30N2. The quantitative estimate of drug-likeness (QED) is 0.461. The fourth-order valence-electron chi connectivity index (χ4n) is 3.54. The summed E-state index contributed by atoms with van der Waals surface area (Å²) in [5.74, 6) is 0. The van der Waals surface area contributed by atoms with Crippen LogP contribution in [-0.4, -0.2) is 17.1 Å². The number of benzene rings is 2. The van der Waals surface area contributed by atoms with Crippen molar-refractivity contribution in [2.75, 3.05) is 4.90 Å². The van der Waals surface area contributed by atoms with E-state index in [0.29, 0.717) is 12.1 Å². The minimum absolute atomic E-state index is 0.546. The minimum Gasteiger partial charge on any atom is -0.366 e. The first-order valence-corrected chi connectivity index (χ1v) is 10.0. The summed E-state index contributed by atoms with van der Waals surface area (Å²) >= 11 is 0. The van der Waals surface area contributed by atoms with E-state index in [-0.39, 0.29) is 0 Å². The number of aromatic nitrogens is 1. The van der Waals surface area contributed by atoms with Crippen LogP contribution >= 0.6 is 0 Å². The fraction of sp³-hybridized carbons (Fsp3) is 0.320. The van der Waals surface area contributed by atoms with Crippen LogP contribution in [0.15, 0.2) is 60.8 Å². The molecule has 2 atom stereocenters. The first kappa shape index (κ1) is 19.2. The average molecular weight is 359 g/mol. The summed E-state index contributed by atoms with van der Waals surface area (Å²) in [6.45, 7) is 9.15. The molecule has 0 N–H and O–H groups in total. The van der Waals surface area contributed by atoms with Crippen LogP contribution in [0.5, 0.6) is 0 Å². The van der Waals surface area contributed by atoms with E-state index in [2.05, 4.69) is 98.3 Å². The number of pyridine rings is 1. The van der Waals surface area contributed by atoms with Crippen molar-refractivity contribution in [2.24, 2.45) is 0 Å². The van der Waals surface area contributed by atoms with Crippen LogP contribution in [0.3, 0.4) is 0 Å². The van der Waals surface area contributed by atoms with Crippen molar-refractivity contribution in [3.63, 3.8) is 0 Å². The topological polar surface area (TPSA) is 16.1 Å². The Morgan fingerprint density at radius 1 is 0.852 bits per heavy atom. The Balaban J connectivity index is 1.83. The van der Waals surface area contributed by atoms with Crippen molar-refractivity contribution >= 4 is 28.7 Å². The van der Waals surface area contributed by atoms with E-state index in [9.17, 15) is 0 Å². The van der Waals surface area contributed by atoms with Crippen LogP contribution in [0.25, 0.3) is 23.1 Å². The standard InChI is InChI=1S/C25H30N2/c1-5-19(3)27(20(4)6-2)23-15-12-21(13-16-23)11-14-22-17-18-26-25-10-8-7-9-24(22)25/h7-20H,5-6H2,1-4H3/b14-11+/t19-,20+. The molecule has 0 saturated carbocycles. The number of nitrogens with zero attached hydrogens (tertiary/aromatic N) is 2. The van der Waals surface area contributed by atoms with Crippen molar-refractivity contribution in [1.82, 2.24) is 4.98 Å². The highest BCUT2D eigenvalue weighted by Gasteiger charge is 2.17. The maximum Gasteiger partial charge on any atom is 0.0707 e. The molecule has 3 rings (SSSR count). The third-order valence-corrected chi connectivity index (χ3v) is 5.46. The van der Waals surface area contributed by atoms with E-state index in [1.54, 1.807) is 0 Å². The maximum atomic E-state index is 4.44. The smallest absolute Gasteiger partial charge is 0.0707 e. The van der Waals surface area contributed by atoms with E-state index in [1.165, 1.54) is 22.2 Å². The van der Waals surface area contributed by atoms with Crippen molar-refractivity contribution in [3.05, 3.63) is 71.9 Å². The summed E-state index contributed by atoms with van der Waals surface area (Å²) < 4.78 is 0. The fourth-order valence-corrected chi connectivity index (χ4v) is 3.54. The molecule has 2 aromatic carbocycles. The SMILES string of the molecule is CC[C@@H](C)N(c1ccc(/C=C/c2ccnc3ccccc23)cc1)[C@@H](C)CC. The highest BCUT2D eigenvalue weighted by atomic mass is 15.2. The van der Waals surface area contributed by atoms with Gasteiger partial charge in [-0.25, -0.2) is 0 Å². The molecule has 0 unspecified atom stereocenters. The average Bonchev–Trinajstić information content (AvgIpc) is 2.72. The third-order valence-electron chi connectivity index (χ3n) is 5.46. The summed E-state index contributed by atoms with van der Waals surface area (Å²) in [4.78, 5) is 6.98. The molecule has 1 aromatic heterocycles. The zero-order valence-electron chi connectivity index (χ0n) is 16.9. The van der Waals surface area contributed by atoms with Gasteiger partial charge in [0.15, 0.2) is 0 Å². The molecule has 0 saturated heterocycles. The molecule has 0 bridgehead atoms. The Bertz CT molecular complexity index is 880. The van der Waals surface area contributed by atoms with E-state index in [1.807, 2.05) is 12.3 Å². The highest BCUT2D eigenvalue weighted by molar-refractivity contribution is 5.90. The number of anilines is 1. The molecule has 27 heavy (non-hydrogen) atoms. The summed E-state index contributed by atoms with van der Waals surface area (Å²) in [7, 11) is 0. The Hall–Kier alpha value is -2.61. The van der Waals surface area contributed by atoms with Crippen LogP contribution in [0.1, 0.15) is 51.7 Å². The highest BCUT2D eigenvalue weighted by Crippen LogP contribution is 2.24. The van der Waals surface area contributed by atoms with Gasteiger partial charge in [0.2, 0.25) is 0 Å². The molecule has 0 fully saturated rings. The van der Waals surface area contributed by atoms with E-state index in [0.717, 1.165) is 18.4 Å². The molecular weight excluding hydrogens is 328 g/mol. The summed E-state index contributed by atoms with van der Waals surface area (Å²) in [6.07, 6.45) is 8.55. The number of hydrogen-bond acceptors (Lipinski definition) is 2. The predicted molar refractivity (Wildman–Crippen MR) is 119 cm³/mol. The van der Waals surface area contributed by atoms with Gasteiger partial charge in [-0.05, 0) is 62.1 Å². The first-order valence-electron chi connectivity index (χ1n) is 10.0. The Morgan fingerprint density at radius 2 is 1.52 bits per heavy atom. The van der Waals surface area contributed by atoms with Crippen LogP contribution < -0.4 is 4.90 Å². The summed E-state index contributed by atoms with van der Waals surface area (Å²) in [5.41, 5.74) is 4.76. The molecule has 0 aliphatic heterocycles. The Labute approximate surface area is 163 Å². The van der Waals surface area contributed by atoms with Gasteiger partial charge in [-0.1, -0.05) is 56.3 Å². The lowest BCUT2D eigenvalue weighted by atomic mass is 10.1. The lowest BCUT2D eigenvalue weighted by molar-refractivity contribution is 0.527. The molecule has 140 valence electrons. The van der Waals surface area contributed by atoms with E-state index < -0.39 is 0 Å². The normalized spacial score (nSPS) is 13.8. The lowest BCUT2D eigenvalue weighted by Gasteiger charge is -2.36. The van der Waals surface area contributed by atoms with Crippen molar-refractivity contribution in [1.29, 1.82) is 0 Å². The van der Waals surface area contributed by atoms with Gasteiger partial charge in [-0.15, -0.1) is 0 Å². The number of hydrogen-bond donors (Lipinski definition) is 0. The molecule has 0 aliphatic carbocycles. The van der Waals surface area contributed by atoms with E-state index in [4.69, 9.17) is 0 Å². The van der Waals surface area contributed by atoms with Crippen LogP contribution in [0, 0.1) is 0 Å². The molecule has 2 nitrogen and oxygen atoms in total. The van der Waals surface area contributed by atoms with Crippen molar-refractivity contribution in [2.45, 2.75) is 52.6 Å². The second kappa shape index (κ2) is 8.85. The molecule has 0 radical (unpaired) electrons. The molecule has 0 amide bonds. The number of fused-ring (bicyclic) bond motifs is 1. The molecule has 0 spiro atoms. The van der Waals surface area contributed by atoms with Gasteiger partial charge in [0.25, 0.3) is 0 Å². The van der Waals surface area contributed by atoms with Crippen LogP contribution in [0.2, 0.25) is 0 Å². The molecule has 3 aromatic rings. The lowest BCUT2D eigenvalue weighted by Crippen LogP contribution is -2.39. The number of rotatable bonds is 7. The second-order valence-corrected chi connectivity index (χ2v) is 7.26. The summed E-state index contributed by atoms with van der Waals surface area (Å²) in [6, 6.07) is 20.4. The minimum atomic E-state index is 0.546. The van der Waals surface area contributed by atoms with Crippen molar-refractivity contribution in [3.8, 4) is 0 Å². The third kappa shape index (κ3) is 4.39. The molecule has 0 aliphatic rings. The maximum absolute atomic E-state index is 4.44. The molecule has 1 heterocycles. The zero-order valence-corrected chi connectivity index (χ0v) is 16.9. The monoisotopic (exact) mass is 358 g/mol. The largest absolute Gasteiger partial charge is 0.366 e. The van der Waals surface area contributed by atoms with Gasteiger partial charge in [-0.2, -0.15) is 0 Å². The number of para-hydroxylation sites is 1. The Kier molecular flexibility index (Phi) is 6.28. The van der Waals surface area contributed by atoms with Gasteiger partial charge >= 0.3 is 0 Å². The molecule has 2 heteroatoms. The first-order chi connectivity index (χ1) is 13.1. The predicted octanol–water partition coefficient (Wildman–Crippen LogP) is 6.81. The van der Waals surface area contributed by atoms with Crippen LogP contribution in [0.4, 0.5) is 5.69 Å². The second-order valence-electron chi connectivity index (χ2n) is 7.26.